The highest BCUT2D eigenvalue weighted by Crippen LogP contribution is 2.25. The van der Waals surface area contributed by atoms with Gasteiger partial charge < -0.3 is 10.4 Å². The molecule has 0 heterocycles. The maximum absolute atomic E-state index is 13.6. The van der Waals surface area contributed by atoms with E-state index in [0.717, 1.165) is 5.69 Å². The van der Waals surface area contributed by atoms with Crippen LogP contribution in [0.4, 0.5) is 10.1 Å². The number of nitrogens with one attached hydrogen (secondary N) is 1. The van der Waals surface area contributed by atoms with Crippen molar-refractivity contribution >= 4 is 5.69 Å². The summed E-state index contributed by atoms with van der Waals surface area (Å²) in [5.41, 5.74) is 2.49. The molecule has 2 rings (SSSR count). The maximum atomic E-state index is 13.6. The van der Waals surface area contributed by atoms with Gasteiger partial charge in [0.1, 0.15) is 5.82 Å². The van der Waals surface area contributed by atoms with Crippen LogP contribution in [-0.4, -0.2) is 11.7 Å². The van der Waals surface area contributed by atoms with E-state index >= 15 is 0 Å². The lowest BCUT2D eigenvalue weighted by Gasteiger charge is -2.17. The van der Waals surface area contributed by atoms with Gasteiger partial charge in [-0.2, -0.15) is 0 Å². The second kappa shape index (κ2) is 6.53. The average Bonchev–Trinajstić information content (AvgIpc) is 2.45. The Bertz CT molecular complexity index is 568. The van der Waals surface area contributed by atoms with E-state index in [0.29, 0.717) is 11.5 Å². The molecule has 2 N–H and O–H groups in total. The minimum absolute atomic E-state index is 0.282. The van der Waals surface area contributed by atoms with E-state index in [1.807, 2.05) is 18.2 Å². The van der Waals surface area contributed by atoms with E-state index in [2.05, 4.69) is 25.2 Å². The lowest BCUT2D eigenvalue weighted by atomic mass is 10.0. The second-order valence-corrected chi connectivity index (χ2v) is 5.16. The van der Waals surface area contributed by atoms with Gasteiger partial charge in [0.25, 0.3) is 0 Å². The van der Waals surface area contributed by atoms with Crippen molar-refractivity contribution in [1.82, 2.24) is 0 Å². The van der Waals surface area contributed by atoms with E-state index in [9.17, 15) is 9.50 Å². The minimum atomic E-state index is -0.864. The van der Waals surface area contributed by atoms with Crippen molar-refractivity contribution < 1.29 is 9.50 Å². The zero-order valence-electron chi connectivity index (χ0n) is 11.8. The summed E-state index contributed by atoms with van der Waals surface area (Å²) in [6.07, 6.45) is -0.864. The number of rotatable bonds is 5. The fourth-order valence-corrected chi connectivity index (χ4v) is 2.22. The Morgan fingerprint density at radius 2 is 1.60 bits per heavy atom. The molecular formula is C17H20FNO. The summed E-state index contributed by atoms with van der Waals surface area (Å²) >= 11 is 0. The van der Waals surface area contributed by atoms with Gasteiger partial charge in [0, 0.05) is 17.8 Å². The Labute approximate surface area is 119 Å². The maximum Gasteiger partial charge on any atom is 0.129 e. The van der Waals surface area contributed by atoms with Crippen LogP contribution >= 0.6 is 0 Å². The molecule has 0 aromatic heterocycles. The van der Waals surface area contributed by atoms with E-state index < -0.39 is 6.10 Å². The molecule has 0 saturated heterocycles. The van der Waals surface area contributed by atoms with Crippen molar-refractivity contribution in [1.29, 1.82) is 0 Å². The predicted molar refractivity (Wildman–Crippen MR) is 80.4 cm³/mol. The highest BCUT2D eigenvalue weighted by atomic mass is 19.1. The number of hydrogen-bond acceptors (Lipinski definition) is 2. The van der Waals surface area contributed by atoms with E-state index in [-0.39, 0.29) is 12.4 Å². The number of aliphatic hydroxyl groups excluding tert-OH is 1. The molecule has 2 nitrogen and oxygen atoms in total. The first kappa shape index (κ1) is 14.5. The molecule has 2 aromatic carbocycles. The van der Waals surface area contributed by atoms with Crippen LogP contribution in [0.25, 0.3) is 0 Å². The molecule has 0 aliphatic heterocycles. The molecule has 20 heavy (non-hydrogen) atoms. The van der Waals surface area contributed by atoms with Crippen LogP contribution in [0.3, 0.4) is 0 Å². The monoisotopic (exact) mass is 273 g/mol. The third-order valence-corrected chi connectivity index (χ3v) is 3.33. The Kier molecular flexibility index (Phi) is 4.74. The SMILES string of the molecule is CC(C)c1ccccc1NCC(O)c1ccccc1F. The van der Waals surface area contributed by atoms with Crippen LogP contribution in [0.1, 0.15) is 37.0 Å². The van der Waals surface area contributed by atoms with Crippen LogP contribution < -0.4 is 5.32 Å². The molecule has 0 amide bonds. The standard InChI is InChI=1S/C17H20FNO/c1-12(2)13-7-4-6-10-16(13)19-11-17(20)14-8-3-5-9-15(14)18/h3-10,12,17,19-20H,11H2,1-2H3. The first-order valence-electron chi connectivity index (χ1n) is 6.85. The third-order valence-electron chi connectivity index (χ3n) is 3.33. The normalized spacial score (nSPS) is 12.4. The largest absolute Gasteiger partial charge is 0.386 e. The average molecular weight is 273 g/mol. The van der Waals surface area contributed by atoms with Gasteiger partial charge in [0.2, 0.25) is 0 Å². The van der Waals surface area contributed by atoms with Crippen molar-refractivity contribution in [2.75, 3.05) is 11.9 Å². The first-order valence-corrected chi connectivity index (χ1v) is 6.85. The highest BCUT2D eigenvalue weighted by molar-refractivity contribution is 5.52. The van der Waals surface area contributed by atoms with Gasteiger partial charge in [0.15, 0.2) is 0 Å². The van der Waals surface area contributed by atoms with Crippen LogP contribution in [-0.2, 0) is 0 Å². The van der Waals surface area contributed by atoms with Crippen LogP contribution in [0, 0.1) is 5.82 Å². The van der Waals surface area contributed by atoms with E-state index in [1.165, 1.54) is 11.6 Å². The smallest absolute Gasteiger partial charge is 0.129 e. The summed E-state index contributed by atoms with van der Waals surface area (Å²) < 4.78 is 13.6. The van der Waals surface area contributed by atoms with Crippen molar-refractivity contribution in [3.8, 4) is 0 Å². The van der Waals surface area contributed by atoms with Crippen LogP contribution in [0.5, 0.6) is 0 Å². The fourth-order valence-electron chi connectivity index (χ4n) is 2.22. The van der Waals surface area contributed by atoms with Crippen molar-refractivity contribution in [3.05, 3.63) is 65.5 Å². The molecule has 0 radical (unpaired) electrons. The van der Waals surface area contributed by atoms with Gasteiger partial charge in [-0.3, -0.25) is 0 Å². The van der Waals surface area contributed by atoms with Gasteiger partial charge in [-0.1, -0.05) is 50.2 Å². The van der Waals surface area contributed by atoms with E-state index in [1.54, 1.807) is 18.2 Å². The second-order valence-electron chi connectivity index (χ2n) is 5.16. The van der Waals surface area contributed by atoms with Crippen LogP contribution in [0.2, 0.25) is 0 Å². The molecule has 1 unspecified atom stereocenters. The molecule has 0 saturated carbocycles. The minimum Gasteiger partial charge on any atom is -0.386 e. The molecule has 0 aliphatic rings. The predicted octanol–water partition coefficient (Wildman–Crippen LogP) is 4.09. The molecule has 2 aromatic rings. The summed E-state index contributed by atoms with van der Waals surface area (Å²) in [5, 5.41) is 13.3. The van der Waals surface area contributed by atoms with Crippen molar-refractivity contribution in [2.24, 2.45) is 0 Å². The zero-order valence-corrected chi connectivity index (χ0v) is 11.8. The summed E-state index contributed by atoms with van der Waals surface area (Å²) in [6.45, 7) is 4.52. The fraction of sp³-hybridized carbons (Fsp3) is 0.294. The number of hydrogen-bond donors (Lipinski definition) is 2. The summed E-state index contributed by atoms with van der Waals surface area (Å²) in [4.78, 5) is 0. The topological polar surface area (TPSA) is 32.3 Å². The number of para-hydroxylation sites is 1. The van der Waals surface area contributed by atoms with E-state index in [4.69, 9.17) is 0 Å². The van der Waals surface area contributed by atoms with Gasteiger partial charge in [-0.05, 0) is 23.6 Å². The molecule has 3 heteroatoms. The third kappa shape index (κ3) is 3.36. The number of benzene rings is 2. The quantitative estimate of drug-likeness (QED) is 0.859. The van der Waals surface area contributed by atoms with Crippen molar-refractivity contribution in [2.45, 2.75) is 25.9 Å². The molecule has 0 bridgehead atoms. The molecule has 0 fully saturated rings. The van der Waals surface area contributed by atoms with Gasteiger partial charge in [-0.15, -0.1) is 0 Å². The Morgan fingerprint density at radius 1 is 1.00 bits per heavy atom. The zero-order chi connectivity index (χ0) is 14.5. The lowest BCUT2D eigenvalue weighted by molar-refractivity contribution is 0.186. The Balaban J connectivity index is 2.08. The Hall–Kier alpha value is -1.87. The molecule has 0 aliphatic carbocycles. The van der Waals surface area contributed by atoms with Crippen molar-refractivity contribution in [3.63, 3.8) is 0 Å². The van der Waals surface area contributed by atoms with Gasteiger partial charge in [-0.25, -0.2) is 4.39 Å². The number of anilines is 1. The summed E-state index contributed by atoms with van der Waals surface area (Å²) in [5.74, 6) is 0.0169. The summed E-state index contributed by atoms with van der Waals surface area (Å²) in [7, 11) is 0. The molecule has 106 valence electrons. The number of halogens is 1. The van der Waals surface area contributed by atoms with Crippen LogP contribution in [0.15, 0.2) is 48.5 Å². The van der Waals surface area contributed by atoms with Gasteiger partial charge in [0.05, 0.1) is 6.10 Å². The number of aliphatic hydroxyl groups is 1. The lowest BCUT2D eigenvalue weighted by Crippen LogP contribution is -2.14. The Morgan fingerprint density at radius 3 is 2.25 bits per heavy atom. The first-order chi connectivity index (χ1) is 9.59. The molecule has 1 atom stereocenters. The highest BCUT2D eigenvalue weighted by Gasteiger charge is 2.13. The molecular weight excluding hydrogens is 253 g/mol. The van der Waals surface area contributed by atoms with Gasteiger partial charge >= 0.3 is 0 Å². The summed E-state index contributed by atoms with van der Waals surface area (Å²) in [6, 6.07) is 14.3. The molecule has 0 spiro atoms.